The zero-order chi connectivity index (χ0) is 16.7. The van der Waals surface area contributed by atoms with E-state index < -0.39 is 0 Å². The maximum atomic E-state index is 12.1. The largest absolute Gasteiger partial charge is 0.491 e. The molecule has 0 saturated carbocycles. The third-order valence-electron chi connectivity index (χ3n) is 3.65. The van der Waals surface area contributed by atoms with Gasteiger partial charge in [0.25, 0.3) is 0 Å². The minimum absolute atomic E-state index is 0.0287. The molecular weight excluding hydrogens is 286 g/mol. The summed E-state index contributed by atoms with van der Waals surface area (Å²) in [4.78, 5) is 13.7. The molecule has 3 nitrogen and oxygen atoms in total. The summed E-state index contributed by atoms with van der Waals surface area (Å²) >= 11 is 0. The first kappa shape index (κ1) is 16.8. The second kappa shape index (κ2) is 8.18. The average Bonchev–Trinajstić information content (AvgIpc) is 2.55. The quantitative estimate of drug-likeness (QED) is 0.758. The Bertz CT molecular complexity index is 674. The SMILES string of the molecule is Cc1ccc(/C=C/C(=O)N(C)CCOc2ccccc2C)cc1. The van der Waals surface area contributed by atoms with Crippen LogP contribution in [0.25, 0.3) is 6.08 Å². The van der Waals surface area contributed by atoms with Crippen molar-refractivity contribution in [3.05, 3.63) is 71.3 Å². The number of para-hydroxylation sites is 1. The molecule has 2 aromatic carbocycles. The van der Waals surface area contributed by atoms with Gasteiger partial charge in [0.15, 0.2) is 0 Å². The highest BCUT2D eigenvalue weighted by molar-refractivity contribution is 5.91. The number of benzene rings is 2. The van der Waals surface area contributed by atoms with Gasteiger partial charge in [0.2, 0.25) is 5.91 Å². The molecule has 0 radical (unpaired) electrons. The summed E-state index contributed by atoms with van der Waals surface area (Å²) in [6.45, 7) is 5.08. The molecule has 0 bridgehead atoms. The van der Waals surface area contributed by atoms with Crippen molar-refractivity contribution in [2.75, 3.05) is 20.2 Å². The summed E-state index contributed by atoms with van der Waals surface area (Å²) < 4.78 is 5.72. The highest BCUT2D eigenvalue weighted by Gasteiger charge is 2.05. The van der Waals surface area contributed by atoms with Gasteiger partial charge in [-0.25, -0.2) is 0 Å². The molecule has 1 amide bonds. The molecule has 0 fully saturated rings. The maximum Gasteiger partial charge on any atom is 0.246 e. The van der Waals surface area contributed by atoms with Crippen LogP contribution in [0, 0.1) is 13.8 Å². The van der Waals surface area contributed by atoms with E-state index in [4.69, 9.17) is 4.74 Å². The van der Waals surface area contributed by atoms with E-state index in [9.17, 15) is 4.79 Å². The first-order valence-corrected chi connectivity index (χ1v) is 7.74. The predicted octanol–water partition coefficient (Wildman–Crippen LogP) is 3.85. The normalized spacial score (nSPS) is 10.7. The van der Waals surface area contributed by atoms with E-state index in [0.29, 0.717) is 13.2 Å². The summed E-state index contributed by atoms with van der Waals surface area (Å²) in [6.07, 6.45) is 3.43. The zero-order valence-corrected chi connectivity index (χ0v) is 14.0. The van der Waals surface area contributed by atoms with Crippen molar-refractivity contribution in [2.45, 2.75) is 13.8 Å². The summed E-state index contributed by atoms with van der Waals surface area (Å²) in [5, 5.41) is 0. The number of carbonyl (C=O) groups is 1. The lowest BCUT2D eigenvalue weighted by atomic mass is 10.1. The second-order valence-corrected chi connectivity index (χ2v) is 5.62. The van der Waals surface area contributed by atoms with E-state index in [-0.39, 0.29) is 5.91 Å². The Morgan fingerprint density at radius 1 is 1.09 bits per heavy atom. The lowest BCUT2D eigenvalue weighted by Gasteiger charge is -2.16. The minimum atomic E-state index is -0.0287. The van der Waals surface area contributed by atoms with Gasteiger partial charge in [-0.3, -0.25) is 4.79 Å². The van der Waals surface area contributed by atoms with E-state index in [2.05, 4.69) is 0 Å². The molecule has 0 aliphatic heterocycles. The van der Waals surface area contributed by atoms with Crippen LogP contribution in [0.5, 0.6) is 5.75 Å². The van der Waals surface area contributed by atoms with Crippen LogP contribution in [0.15, 0.2) is 54.6 Å². The number of ether oxygens (including phenoxy) is 1. The monoisotopic (exact) mass is 309 g/mol. The van der Waals surface area contributed by atoms with Crippen LogP contribution >= 0.6 is 0 Å². The first-order chi connectivity index (χ1) is 11.1. The fourth-order valence-electron chi connectivity index (χ4n) is 2.09. The van der Waals surface area contributed by atoms with Crippen molar-refractivity contribution in [3.63, 3.8) is 0 Å². The van der Waals surface area contributed by atoms with Gasteiger partial charge >= 0.3 is 0 Å². The Kier molecular flexibility index (Phi) is 5.98. The molecule has 0 unspecified atom stereocenters. The molecule has 0 N–H and O–H groups in total. The van der Waals surface area contributed by atoms with Crippen molar-refractivity contribution in [1.82, 2.24) is 4.90 Å². The number of nitrogens with zero attached hydrogens (tertiary/aromatic N) is 1. The number of hydrogen-bond acceptors (Lipinski definition) is 2. The van der Waals surface area contributed by atoms with Gasteiger partial charge in [-0.1, -0.05) is 48.0 Å². The molecule has 0 heterocycles. The fourth-order valence-corrected chi connectivity index (χ4v) is 2.09. The predicted molar refractivity (Wildman–Crippen MR) is 94.5 cm³/mol. The minimum Gasteiger partial charge on any atom is -0.491 e. The molecule has 0 aromatic heterocycles. The summed E-state index contributed by atoms with van der Waals surface area (Å²) in [5.41, 5.74) is 3.33. The molecule has 0 saturated heterocycles. The number of likely N-dealkylation sites (N-methyl/N-ethyl adjacent to an activating group) is 1. The van der Waals surface area contributed by atoms with Gasteiger partial charge in [0, 0.05) is 13.1 Å². The molecule has 23 heavy (non-hydrogen) atoms. The number of carbonyl (C=O) groups excluding carboxylic acids is 1. The molecule has 0 spiro atoms. The van der Waals surface area contributed by atoms with Gasteiger partial charge in [-0.05, 0) is 37.1 Å². The zero-order valence-electron chi connectivity index (χ0n) is 14.0. The van der Waals surface area contributed by atoms with Crippen LogP contribution in [-0.2, 0) is 4.79 Å². The van der Waals surface area contributed by atoms with Crippen LogP contribution < -0.4 is 4.74 Å². The van der Waals surface area contributed by atoms with Crippen molar-refractivity contribution >= 4 is 12.0 Å². The molecule has 3 heteroatoms. The second-order valence-electron chi connectivity index (χ2n) is 5.62. The fraction of sp³-hybridized carbons (Fsp3) is 0.250. The molecule has 0 atom stereocenters. The maximum absolute atomic E-state index is 12.1. The average molecular weight is 309 g/mol. The standard InChI is InChI=1S/C20H23NO2/c1-16-8-10-18(11-9-16)12-13-20(22)21(3)14-15-23-19-7-5-4-6-17(19)2/h4-13H,14-15H2,1-3H3/b13-12+. The molecule has 2 aromatic rings. The van der Waals surface area contributed by atoms with E-state index in [1.165, 1.54) is 5.56 Å². The Morgan fingerprint density at radius 2 is 1.78 bits per heavy atom. The smallest absolute Gasteiger partial charge is 0.246 e. The molecule has 2 rings (SSSR count). The van der Waals surface area contributed by atoms with Crippen LogP contribution in [0.4, 0.5) is 0 Å². The molecule has 0 aliphatic carbocycles. The molecule has 0 aliphatic rings. The van der Waals surface area contributed by atoms with E-state index in [1.54, 1.807) is 18.0 Å². The van der Waals surface area contributed by atoms with Gasteiger partial charge in [-0.2, -0.15) is 0 Å². The Hall–Kier alpha value is -2.55. The van der Waals surface area contributed by atoms with Crippen LogP contribution in [0.2, 0.25) is 0 Å². The molecular formula is C20H23NO2. The summed E-state index contributed by atoms with van der Waals surface area (Å²) in [6, 6.07) is 15.9. The Balaban J connectivity index is 1.81. The number of hydrogen-bond donors (Lipinski definition) is 0. The van der Waals surface area contributed by atoms with Crippen molar-refractivity contribution in [1.29, 1.82) is 0 Å². The van der Waals surface area contributed by atoms with Crippen LogP contribution in [-0.4, -0.2) is 31.0 Å². The van der Waals surface area contributed by atoms with Crippen molar-refractivity contribution in [3.8, 4) is 5.75 Å². The summed E-state index contributed by atoms with van der Waals surface area (Å²) in [7, 11) is 1.78. The van der Waals surface area contributed by atoms with Crippen molar-refractivity contribution in [2.24, 2.45) is 0 Å². The summed E-state index contributed by atoms with van der Waals surface area (Å²) in [5.74, 6) is 0.836. The third-order valence-corrected chi connectivity index (χ3v) is 3.65. The topological polar surface area (TPSA) is 29.5 Å². The van der Waals surface area contributed by atoms with Gasteiger partial charge in [-0.15, -0.1) is 0 Å². The number of rotatable bonds is 6. The Morgan fingerprint density at radius 3 is 2.48 bits per heavy atom. The highest BCUT2D eigenvalue weighted by atomic mass is 16.5. The van der Waals surface area contributed by atoms with Gasteiger partial charge in [0.05, 0.1) is 6.54 Å². The van der Waals surface area contributed by atoms with Gasteiger partial charge < -0.3 is 9.64 Å². The lowest BCUT2D eigenvalue weighted by molar-refractivity contribution is -0.125. The van der Waals surface area contributed by atoms with Crippen molar-refractivity contribution < 1.29 is 9.53 Å². The highest BCUT2D eigenvalue weighted by Crippen LogP contribution is 2.15. The Labute approximate surface area is 138 Å². The lowest BCUT2D eigenvalue weighted by Crippen LogP contribution is -2.29. The van der Waals surface area contributed by atoms with E-state index >= 15 is 0 Å². The van der Waals surface area contributed by atoms with E-state index in [1.807, 2.05) is 68.5 Å². The number of amides is 1. The number of aryl methyl sites for hydroxylation is 2. The van der Waals surface area contributed by atoms with Crippen LogP contribution in [0.3, 0.4) is 0 Å². The van der Waals surface area contributed by atoms with E-state index in [0.717, 1.165) is 16.9 Å². The van der Waals surface area contributed by atoms with Crippen LogP contribution in [0.1, 0.15) is 16.7 Å². The first-order valence-electron chi connectivity index (χ1n) is 7.74. The third kappa shape index (κ3) is 5.29. The molecule has 120 valence electrons. The van der Waals surface area contributed by atoms with Gasteiger partial charge in [0.1, 0.15) is 12.4 Å².